The van der Waals surface area contributed by atoms with Crippen LogP contribution in [0, 0.1) is 11.8 Å². The number of Topliss-reactive ketones (excluding diaryl/α,β-unsaturated/α-hetero) is 1. The number of nitrogens with one attached hydrogen (secondary N) is 1. The second kappa shape index (κ2) is 8.59. The van der Waals surface area contributed by atoms with Gasteiger partial charge in [-0.15, -0.1) is 0 Å². The maximum absolute atomic E-state index is 13.5. The first-order valence-corrected chi connectivity index (χ1v) is 9.90. The Hall–Kier alpha value is -2.96. The largest absolute Gasteiger partial charge is 0.465 e. The van der Waals surface area contributed by atoms with Gasteiger partial charge in [-0.25, -0.2) is 4.79 Å². The molecule has 0 spiro atoms. The standard InChI is InChI=1S/C22H26N2O5/c1-5-28-21(26)16-12(3)11-15-19(20(16)25)18(14-9-7-8-10-23-14)17(13(4)24-15)22(27)29-6-2/h7-10,12,16,18,24H,5-6,11H2,1-4H3. The first-order valence-electron chi connectivity index (χ1n) is 9.90. The number of esters is 2. The molecule has 7 nitrogen and oxygen atoms in total. The van der Waals surface area contributed by atoms with E-state index < -0.39 is 23.8 Å². The van der Waals surface area contributed by atoms with Crippen LogP contribution < -0.4 is 5.32 Å². The third kappa shape index (κ3) is 3.81. The van der Waals surface area contributed by atoms with Crippen LogP contribution >= 0.6 is 0 Å². The number of ether oxygens (including phenoxy) is 2. The molecule has 7 heteroatoms. The van der Waals surface area contributed by atoms with Crippen LogP contribution in [0.2, 0.25) is 0 Å². The van der Waals surface area contributed by atoms with Gasteiger partial charge >= 0.3 is 11.9 Å². The molecule has 0 radical (unpaired) electrons. The smallest absolute Gasteiger partial charge is 0.336 e. The molecule has 0 amide bonds. The van der Waals surface area contributed by atoms with Crippen molar-refractivity contribution in [3.05, 3.63) is 52.6 Å². The summed E-state index contributed by atoms with van der Waals surface area (Å²) in [5, 5.41) is 3.22. The van der Waals surface area contributed by atoms with Gasteiger partial charge in [-0.3, -0.25) is 14.6 Å². The molecule has 3 unspecified atom stereocenters. The van der Waals surface area contributed by atoms with Gasteiger partial charge in [0.05, 0.1) is 30.4 Å². The van der Waals surface area contributed by atoms with Crippen molar-refractivity contribution in [1.82, 2.24) is 10.3 Å². The molecule has 29 heavy (non-hydrogen) atoms. The van der Waals surface area contributed by atoms with Gasteiger partial charge in [0.1, 0.15) is 5.92 Å². The Morgan fingerprint density at radius 3 is 2.55 bits per heavy atom. The zero-order valence-corrected chi connectivity index (χ0v) is 17.2. The number of hydrogen-bond acceptors (Lipinski definition) is 7. The second-order valence-electron chi connectivity index (χ2n) is 7.24. The van der Waals surface area contributed by atoms with Crippen LogP contribution in [0.4, 0.5) is 0 Å². The van der Waals surface area contributed by atoms with E-state index in [1.165, 1.54) is 0 Å². The molecule has 1 aliphatic heterocycles. The minimum absolute atomic E-state index is 0.205. The molecule has 1 aromatic rings. The van der Waals surface area contributed by atoms with Gasteiger partial charge in [-0.2, -0.15) is 0 Å². The Morgan fingerprint density at radius 1 is 1.21 bits per heavy atom. The monoisotopic (exact) mass is 398 g/mol. The fourth-order valence-electron chi connectivity index (χ4n) is 4.11. The predicted octanol–water partition coefficient (Wildman–Crippen LogP) is 2.65. The van der Waals surface area contributed by atoms with Crippen LogP contribution in [-0.2, 0) is 23.9 Å². The van der Waals surface area contributed by atoms with Crippen molar-refractivity contribution in [2.75, 3.05) is 13.2 Å². The third-order valence-electron chi connectivity index (χ3n) is 5.31. The molecule has 154 valence electrons. The Balaban J connectivity index is 2.14. The number of dihydropyridines is 1. The van der Waals surface area contributed by atoms with E-state index >= 15 is 0 Å². The zero-order valence-electron chi connectivity index (χ0n) is 17.2. The van der Waals surface area contributed by atoms with Crippen LogP contribution in [0.15, 0.2) is 46.9 Å². The molecule has 2 heterocycles. The maximum Gasteiger partial charge on any atom is 0.336 e. The molecule has 0 bridgehead atoms. The van der Waals surface area contributed by atoms with E-state index in [9.17, 15) is 14.4 Å². The van der Waals surface area contributed by atoms with Crippen molar-refractivity contribution < 1.29 is 23.9 Å². The van der Waals surface area contributed by atoms with Gasteiger partial charge in [-0.1, -0.05) is 13.0 Å². The molecule has 1 aromatic heterocycles. The number of aromatic nitrogens is 1. The topological polar surface area (TPSA) is 94.6 Å². The molecule has 1 N–H and O–H groups in total. The van der Waals surface area contributed by atoms with Crippen molar-refractivity contribution >= 4 is 17.7 Å². The molecule has 0 saturated carbocycles. The summed E-state index contributed by atoms with van der Waals surface area (Å²) in [6, 6.07) is 5.35. The summed E-state index contributed by atoms with van der Waals surface area (Å²) in [6.45, 7) is 7.52. The average molecular weight is 398 g/mol. The second-order valence-corrected chi connectivity index (χ2v) is 7.24. The fraction of sp³-hybridized carbons (Fsp3) is 0.455. The summed E-state index contributed by atoms with van der Waals surface area (Å²) >= 11 is 0. The first kappa shape index (κ1) is 20.8. The highest BCUT2D eigenvalue weighted by atomic mass is 16.5. The summed E-state index contributed by atoms with van der Waals surface area (Å²) in [5.74, 6) is -3.16. The van der Waals surface area contributed by atoms with Crippen LogP contribution in [0.3, 0.4) is 0 Å². The van der Waals surface area contributed by atoms with Crippen molar-refractivity contribution in [3.63, 3.8) is 0 Å². The Bertz CT molecular complexity index is 888. The Labute approximate surface area is 170 Å². The molecular weight excluding hydrogens is 372 g/mol. The normalized spacial score (nSPS) is 24.0. The van der Waals surface area contributed by atoms with Gasteiger partial charge in [-0.05, 0) is 45.2 Å². The lowest BCUT2D eigenvalue weighted by molar-refractivity contribution is -0.153. The minimum Gasteiger partial charge on any atom is -0.465 e. The van der Waals surface area contributed by atoms with Gasteiger partial charge in [0.15, 0.2) is 5.78 Å². The molecule has 1 aliphatic carbocycles. The zero-order chi connectivity index (χ0) is 21.1. The van der Waals surface area contributed by atoms with E-state index in [0.717, 1.165) is 5.70 Å². The van der Waals surface area contributed by atoms with Crippen LogP contribution in [0.5, 0.6) is 0 Å². The van der Waals surface area contributed by atoms with E-state index in [1.807, 2.05) is 13.0 Å². The summed E-state index contributed by atoms with van der Waals surface area (Å²) in [7, 11) is 0. The van der Waals surface area contributed by atoms with E-state index in [0.29, 0.717) is 29.0 Å². The van der Waals surface area contributed by atoms with E-state index in [-0.39, 0.29) is 24.9 Å². The number of pyridine rings is 1. The van der Waals surface area contributed by atoms with Gasteiger partial charge in [0.2, 0.25) is 0 Å². The molecule has 0 saturated heterocycles. The maximum atomic E-state index is 13.5. The average Bonchev–Trinajstić information content (AvgIpc) is 2.67. The van der Waals surface area contributed by atoms with Crippen molar-refractivity contribution in [3.8, 4) is 0 Å². The first-order chi connectivity index (χ1) is 13.9. The van der Waals surface area contributed by atoms with Crippen molar-refractivity contribution in [1.29, 1.82) is 0 Å². The Morgan fingerprint density at radius 2 is 1.93 bits per heavy atom. The lowest BCUT2D eigenvalue weighted by Gasteiger charge is -2.37. The number of allylic oxidation sites excluding steroid dienone is 3. The molecular formula is C22H26N2O5. The highest BCUT2D eigenvalue weighted by molar-refractivity contribution is 6.12. The summed E-state index contributed by atoms with van der Waals surface area (Å²) in [6.07, 6.45) is 2.12. The highest BCUT2D eigenvalue weighted by Crippen LogP contribution is 2.44. The summed E-state index contributed by atoms with van der Waals surface area (Å²) in [4.78, 5) is 43.2. The quantitative estimate of drug-likeness (QED) is 0.602. The van der Waals surface area contributed by atoms with Crippen LogP contribution in [0.1, 0.15) is 45.7 Å². The molecule has 0 aromatic carbocycles. The minimum atomic E-state index is -0.899. The number of carbonyl (C=O) groups is 3. The van der Waals surface area contributed by atoms with E-state index in [1.54, 1.807) is 39.1 Å². The van der Waals surface area contributed by atoms with Crippen molar-refractivity contribution in [2.45, 2.75) is 40.0 Å². The molecule has 2 aliphatic rings. The number of nitrogens with zero attached hydrogens (tertiary/aromatic N) is 1. The van der Waals surface area contributed by atoms with Gasteiger partial charge in [0.25, 0.3) is 0 Å². The number of rotatable bonds is 5. The molecule has 3 rings (SSSR count). The molecule has 0 fully saturated rings. The number of ketones is 1. The van der Waals surface area contributed by atoms with E-state index in [2.05, 4.69) is 10.3 Å². The lowest BCUT2D eigenvalue weighted by Crippen LogP contribution is -2.43. The SMILES string of the molecule is CCOC(=O)C1=C(C)NC2=C(C(=O)C(C(=O)OCC)C(C)C2)C1c1ccccn1. The number of carbonyl (C=O) groups excluding carboxylic acids is 3. The van der Waals surface area contributed by atoms with Gasteiger partial charge < -0.3 is 14.8 Å². The number of hydrogen-bond donors (Lipinski definition) is 1. The lowest BCUT2D eigenvalue weighted by atomic mass is 9.70. The fourth-order valence-corrected chi connectivity index (χ4v) is 4.11. The highest BCUT2D eigenvalue weighted by Gasteiger charge is 2.47. The third-order valence-corrected chi connectivity index (χ3v) is 5.31. The molecule has 3 atom stereocenters. The van der Waals surface area contributed by atoms with E-state index in [4.69, 9.17) is 9.47 Å². The summed E-state index contributed by atoms with van der Waals surface area (Å²) < 4.78 is 10.4. The summed E-state index contributed by atoms with van der Waals surface area (Å²) in [5.41, 5.74) is 2.66. The predicted molar refractivity (Wildman–Crippen MR) is 105 cm³/mol. The van der Waals surface area contributed by atoms with Gasteiger partial charge in [0, 0.05) is 23.2 Å². The van der Waals surface area contributed by atoms with Crippen LogP contribution in [0.25, 0.3) is 0 Å². The van der Waals surface area contributed by atoms with Crippen LogP contribution in [-0.4, -0.2) is 35.9 Å². The Kier molecular flexibility index (Phi) is 6.15. The van der Waals surface area contributed by atoms with Crippen molar-refractivity contribution in [2.24, 2.45) is 11.8 Å².